The van der Waals surface area contributed by atoms with E-state index in [4.69, 9.17) is 22.1 Å². The average molecular weight is 435 g/mol. The number of aliphatic hydroxyl groups is 2. The van der Waals surface area contributed by atoms with Crippen molar-refractivity contribution in [1.29, 1.82) is 0 Å². The van der Waals surface area contributed by atoms with Crippen LogP contribution in [0.5, 0.6) is 0 Å². The lowest BCUT2D eigenvalue weighted by Crippen LogP contribution is -2.42. The summed E-state index contributed by atoms with van der Waals surface area (Å²) in [7, 11) is 1.46. The van der Waals surface area contributed by atoms with E-state index < -0.39 is 24.4 Å². The van der Waals surface area contributed by atoms with Gasteiger partial charge in [-0.15, -0.1) is 5.10 Å². The summed E-state index contributed by atoms with van der Waals surface area (Å²) < 4.78 is 21.1. The van der Waals surface area contributed by atoms with Gasteiger partial charge in [-0.3, -0.25) is 4.79 Å². The van der Waals surface area contributed by atoms with Gasteiger partial charge in [0.15, 0.2) is 6.10 Å². The average Bonchev–Trinajstić information content (AvgIpc) is 3.25. The first-order valence-electron chi connectivity index (χ1n) is 9.23. The third-order valence-electron chi connectivity index (χ3n) is 4.68. The predicted molar refractivity (Wildman–Crippen MR) is 110 cm³/mol. The number of halogens is 1. The number of nitrogens with one attached hydrogen (secondary N) is 1. The van der Waals surface area contributed by atoms with Crippen LogP contribution < -0.4 is 5.32 Å². The molecule has 0 saturated heterocycles. The minimum absolute atomic E-state index is 0.242. The van der Waals surface area contributed by atoms with Crippen molar-refractivity contribution in [3.8, 4) is 5.69 Å². The van der Waals surface area contributed by atoms with Crippen LogP contribution in [0, 0.1) is 5.82 Å². The Morgan fingerprint density at radius 2 is 2.27 bits per heavy atom. The van der Waals surface area contributed by atoms with Gasteiger partial charge in [-0.2, -0.15) is 0 Å². The molecule has 0 spiro atoms. The molecule has 0 unspecified atom stereocenters. The molecule has 0 saturated carbocycles. The first kappa shape index (κ1) is 21.8. The molecule has 0 fully saturated rings. The molecule has 160 valence electrons. The summed E-state index contributed by atoms with van der Waals surface area (Å²) in [4.78, 5) is 13.3. The van der Waals surface area contributed by atoms with Crippen molar-refractivity contribution < 1.29 is 24.1 Å². The van der Waals surface area contributed by atoms with E-state index in [1.165, 1.54) is 22.8 Å². The Bertz CT molecular complexity index is 964. The zero-order chi connectivity index (χ0) is 21.7. The topological polar surface area (TPSA) is 113 Å². The lowest BCUT2D eigenvalue weighted by atomic mass is 9.98. The van der Waals surface area contributed by atoms with Gasteiger partial charge in [0, 0.05) is 24.7 Å². The van der Waals surface area contributed by atoms with Gasteiger partial charge in [-0.25, -0.2) is 9.07 Å². The van der Waals surface area contributed by atoms with Gasteiger partial charge in [-0.05, 0) is 36.3 Å². The lowest BCUT2D eigenvalue weighted by molar-refractivity contribution is -0.141. The van der Waals surface area contributed by atoms with Crippen LogP contribution >= 0.6 is 12.2 Å². The van der Waals surface area contributed by atoms with Crippen LogP contribution in [-0.2, 0) is 16.1 Å². The van der Waals surface area contributed by atoms with Crippen LogP contribution in [0.1, 0.15) is 17.7 Å². The lowest BCUT2D eigenvalue weighted by Gasteiger charge is -2.28. The van der Waals surface area contributed by atoms with E-state index in [-0.39, 0.29) is 11.7 Å². The van der Waals surface area contributed by atoms with Crippen molar-refractivity contribution in [2.24, 2.45) is 0 Å². The molecule has 2 aromatic rings. The van der Waals surface area contributed by atoms with E-state index in [9.17, 15) is 14.3 Å². The molecule has 30 heavy (non-hydrogen) atoms. The highest BCUT2D eigenvalue weighted by Gasteiger charge is 2.24. The highest BCUT2D eigenvalue weighted by molar-refractivity contribution is 7.80. The van der Waals surface area contributed by atoms with Crippen molar-refractivity contribution in [3.05, 3.63) is 47.5 Å². The predicted octanol–water partition coefficient (Wildman–Crippen LogP) is 0.396. The molecule has 9 nitrogen and oxygen atoms in total. The normalized spacial score (nSPS) is 14.8. The van der Waals surface area contributed by atoms with E-state index in [0.29, 0.717) is 36.5 Å². The van der Waals surface area contributed by atoms with Crippen LogP contribution in [0.3, 0.4) is 0 Å². The molecule has 1 aliphatic rings. The number of carbonyl (C=O) groups excluding carboxylic acids is 1. The minimum atomic E-state index is -1.43. The standard InChI is InChI=1S/C19H22FN5O4S/c1-29-19(30)21-9-13-10-25(23-22-13)14-2-3-15(16(20)8-14)12-4-6-24(7-5-12)18(28)17(27)11-26/h2-4,8,10,17,26-27H,5-7,9,11H2,1H3,(H,21,30)/t17-/m0/s1. The molecule has 1 amide bonds. The van der Waals surface area contributed by atoms with E-state index >= 15 is 0 Å². The number of ether oxygens (including phenoxy) is 1. The van der Waals surface area contributed by atoms with E-state index in [1.807, 2.05) is 0 Å². The molecule has 0 radical (unpaired) electrons. The third kappa shape index (κ3) is 4.99. The van der Waals surface area contributed by atoms with Crippen molar-refractivity contribution in [3.63, 3.8) is 0 Å². The Hall–Kier alpha value is -2.89. The number of benzene rings is 1. The van der Waals surface area contributed by atoms with Gasteiger partial charge in [0.2, 0.25) is 0 Å². The Labute approximate surface area is 177 Å². The number of amides is 1. The summed E-state index contributed by atoms with van der Waals surface area (Å²) in [6.07, 6.45) is 2.43. The highest BCUT2D eigenvalue weighted by atomic mass is 32.1. The van der Waals surface area contributed by atoms with Crippen LogP contribution in [0.15, 0.2) is 30.5 Å². The first-order chi connectivity index (χ1) is 14.4. The number of hydrogen-bond acceptors (Lipinski definition) is 7. The van der Waals surface area contributed by atoms with Crippen LogP contribution in [-0.4, -0.2) is 74.1 Å². The number of nitrogens with zero attached hydrogens (tertiary/aromatic N) is 4. The number of rotatable bonds is 6. The molecule has 0 bridgehead atoms. The van der Waals surface area contributed by atoms with Crippen molar-refractivity contribution in [1.82, 2.24) is 25.2 Å². The Balaban J connectivity index is 1.69. The van der Waals surface area contributed by atoms with Gasteiger partial charge < -0.3 is 25.2 Å². The maximum absolute atomic E-state index is 14.8. The Kier molecular flexibility index (Phi) is 7.08. The molecule has 1 atom stereocenters. The second-order valence-corrected chi connectivity index (χ2v) is 7.00. The SMILES string of the molecule is COC(=S)NCc1cn(-c2ccc(C3=CCN(C(=O)[C@@H](O)CO)CC3)c(F)c2)nn1. The van der Waals surface area contributed by atoms with Gasteiger partial charge in [0.1, 0.15) is 11.5 Å². The number of methoxy groups -OCH3 is 1. The van der Waals surface area contributed by atoms with Crippen LogP contribution in [0.25, 0.3) is 11.3 Å². The molecule has 3 N–H and O–H groups in total. The summed E-state index contributed by atoms with van der Waals surface area (Å²) >= 11 is 4.90. The fourth-order valence-corrected chi connectivity index (χ4v) is 3.12. The van der Waals surface area contributed by atoms with E-state index in [0.717, 1.165) is 5.57 Å². The first-order valence-corrected chi connectivity index (χ1v) is 9.63. The maximum atomic E-state index is 14.8. The van der Waals surface area contributed by atoms with Gasteiger partial charge >= 0.3 is 0 Å². The summed E-state index contributed by atoms with van der Waals surface area (Å²) in [5.74, 6) is -0.948. The van der Waals surface area contributed by atoms with E-state index in [1.54, 1.807) is 24.4 Å². The zero-order valence-electron chi connectivity index (χ0n) is 16.3. The molecule has 1 aliphatic heterocycles. The number of aromatic nitrogens is 3. The monoisotopic (exact) mass is 435 g/mol. The molecule has 2 heterocycles. The summed E-state index contributed by atoms with van der Waals surface area (Å²) in [6.45, 7) is 0.294. The van der Waals surface area contributed by atoms with Crippen LogP contribution in [0.2, 0.25) is 0 Å². The summed E-state index contributed by atoms with van der Waals surface area (Å²) in [5.41, 5.74) is 2.35. The molecular formula is C19H22FN5O4S. The molecular weight excluding hydrogens is 413 g/mol. The second-order valence-electron chi connectivity index (χ2n) is 6.63. The number of hydrogen-bond donors (Lipinski definition) is 3. The number of thiocarbonyl (C=S) groups is 1. The summed E-state index contributed by atoms with van der Waals surface area (Å²) in [5, 5.41) is 29.5. The van der Waals surface area contributed by atoms with Gasteiger partial charge in [-0.1, -0.05) is 11.3 Å². The van der Waals surface area contributed by atoms with Crippen molar-refractivity contribution in [2.45, 2.75) is 19.1 Å². The molecule has 3 rings (SSSR count). The second kappa shape index (κ2) is 9.74. The smallest absolute Gasteiger partial charge is 0.256 e. The van der Waals surface area contributed by atoms with Gasteiger partial charge in [0.05, 0.1) is 32.1 Å². The Morgan fingerprint density at radius 1 is 1.47 bits per heavy atom. The van der Waals surface area contributed by atoms with Crippen LogP contribution in [0.4, 0.5) is 4.39 Å². The number of carbonyl (C=O) groups is 1. The maximum Gasteiger partial charge on any atom is 0.256 e. The molecule has 11 heteroatoms. The molecule has 0 aliphatic carbocycles. The zero-order valence-corrected chi connectivity index (χ0v) is 17.1. The van der Waals surface area contributed by atoms with Gasteiger partial charge in [0.25, 0.3) is 11.1 Å². The highest BCUT2D eigenvalue weighted by Crippen LogP contribution is 2.26. The van der Waals surface area contributed by atoms with Crippen molar-refractivity contribution in [2.75, 3.05) is 26.8 Å². The summed E-state index contributed by atoms with van der Waals surface area (Å²) in [6, 6.07) is 4.77. The Morgan fingerprint density at radius 3 is 2.90 bits per heavy atom. The largest absolute Gasteiger partial charge is 0.474 e. The van der Waals surface area contributed by atoms with Crippen molar-refractivity contribution >= 4 is 28.9 Å². The minimum Gasteiger partial charge on any atom is -0.474 e. The third-order valence-corrected chi connectivity index (χ3v) is 4.99. The quantitative estimate of drug-likeness (QED) is 0.559. The molecule has 1 aromatic carbocycles. The van der Waals surface area contributed by atoms with E-state index in [2.05, 4.69) is 15.6 Å². The fourth-order valence-electron chi connectivity index (χ4n) is 3.05. The number of aliphatic hydroxyl groups excluding tert-OH is 2. The molecule has 1 aromatic heterocycles. The fraction of sp³-hybridized carbons (Fsp3) is 0.368.